The third-order valence-electron chi connectivity index (χ3n) is 3.16. The first-order chi connectivity index (χ1) is 6.86. The maximum atomic E-state index is 5.72. The molecule has 84 valence electrons. The highest BCUT2D eigenvalue weighted by Crippen LogP contribution is 2.18. The first-order valence-electron chi connectivity index (χ1n) is 6.15. The van der Waals surface area contributed by atoms with Gasteiger partial charge in [0, 0.05) is 12.6 Å². The molecule has 0 spiro atoms. The van der Waals surface area contributed by atoms with Gasteiger partial charge in [0.05, 0.1) is 6.10 Å². The van der Waals surface area contributed by atoms with E-state index in [1.165, 1.54) is 44.9 Å². The van der Waals surface area contributed by atoms with E-state index < -0.39 is 0 Å². The van der Waals surface area contributed by atoms with Crippen LogP contribution >= 0.6 is 0 Å². The zero-order chi connectivity index (χ0) is 10.2. The van der Waals surface area contributed by atoms with Crippen molar-refractivity contribution in [1.29, 1.82) is 0 Å². The Balaban J connectivity index is 2.10. The van der Waals surface area contributed by atoms with Crippen LogP contribution < -0.4 is 5.32 Å². The van der Waals surface area contributed by atoms with Crippen molar-refractivity contribution in [3.05, 3.63) is 0 Å². The van der Waals surface area contributed by atoms with Crippen LogP contribution in [0.3, 0.4) is 0 Å². The molecule has 14 heavy (non-hydrogen) atoms. The summed E-state index contributed by atoms with van der Waals surface area (Å²) in [5.41, 5.74) is 0. The Morgan fingerprint density at radius 3 is 2.79 bits per heavy atom. The smallest absolute Gasteiger partial charge is 0.0575 e. The Morgan fingerprint density at radius 1 is 1.36 bits per heavy atom. The molecule has 0 aliphatic carbocycles. The van der Waals surface area contributed by atoms with E-state index in [4.69, 9.17) is 4.74 Å². The minimum Gasteiger partial charge on any atom is -0.378 e. The van der Waals surface area contributed by atoms with Gasteiger partial charge in [0.15, 0.2) is 0 Å². The molecule has 0 saturated carbocycles. The maximum absolute atomic E-state index is 5.72. The fraction of sp³-hybridized carbons (Fsp3) is 1.00. The van der Waals surface area contributed by atoms with E-state index in [-0.39, 0.29) is 0 Å². The molecule has 1 fully saturated rings. The molecule has 1 aliphatic heterocycles. The van der Waals surface area contributed by atoms with E-state index in [2.05, 4.69) is 19.3 Å². The summed E-state index contributed by atoms with van der Waals surface area (Å²) in [5.74, 6) is 0. The Labute approximate surface area is 88.4 Å². The Hall–Kier alpha value is -0.0800. The minimum absolute atomic E-state index is 0.552. The van der Waals surface area contributed by atoms with E-state index in [9.17, 15) is 0 Å². The van der Waals surface area contributed by atoms with Crippen LogP contribution in [0.5, 0.6) is 0 Å². The number of nitrogens with one attached hydrogen (secondary N) is 1. The first-order valence-corrected chi connectivity index (χ1v) is 6.15. The van der Waals surface area contributed by atoms with Gasteiger partial charge in [0.25, 0.3) is 0 Å². The summed E-state index contributed by atoms with van der Waals surface area (Å²) >= 11 is 0. The Morgan fingerprint density at radius 2 is 2.21 bits per heavy atom. The van der Waals surface area contributed by atoms with Crippen LogP contribution in [0.1, 0.15) is 51.9 Å². The second-order valence-electron chi connectivity index (χ2n) is 4.34. The van der Waals surface area contributed by atoms with Crippen molar-refractivity contribution in [2.24, 2.45) is 0 Å². The number of ether oxygens (including phenoxy) is 1. The molecular weight excluding hydrogens is 174 g/mol. The van der Waals surface area contributed by atoms with Crippen molar-refractivity contribution in [3.63, 3.8) is 0 Å². The highest BCUT2D eigenvalue weighted by molar-refractivity contribution is 4.69. The molecule has 2 nitrogen and oxygen atoms in total. The first kappa shape index (κ1) is 12.0. The Kier molecular flexibility index (Phi) is 6.20. The second kappa shape index (κ2) is 7.24. The highest BCUT2D eigenvalue weighted by Gasteiger charge is 2.15. The minimum atomic E-state index is 0.552. The van der Waals surface area contributed by atoms with Gasteiger partial charge in [-0.05, 0) is 45.6 Å². The van der Waals surface area contributed by atoms with E-state index in [1.54, 1.807) is 0 Å². The van der Waals surface area contributed by atoms with Crippen molar-refractivity contribution < 1.29 is 4.74 Å². The molecule has 0 bridgehead atoms. The standard InChI is InChI=1S/C12H25NO/c1-3-6-11(13-2)8-9-12-7-4-5-10-14-12/h11-13H,3-10H2,1-2H3. The molecular formula is C12H25NO. The lowest BCUT2D eigenvalue weighted by molar-refractivity contribution is 0.00856. The van der Waals surface area contributed by atoms with Crippen LogP contribution in [-0.4, -0.2) is 25.8 Å². The molecule has 2 unspecified atom stereocenters. The summed E-state index contributed by atoms with van der Waals surface area (Å²) in [4.78, 5) is 0. The van der Waals surface area contributed by atoms with Gasteiger partial charge in [0.2, 0.25) is 0 Å². The molecule has 1 aliphatic rings. The lowest BCUT2D eigenvalue weighted by Crippen LogP contribution is -2.28. The van der Waals surface area contributed by atoms with Crippen LogP contribution in [0.25, 0.3) is 0 Å². The lowest BCUT2D eigenvalue weighted by Gasteiger charge is -2.24. The third-order valence-corrected chi connectivity index (χ3v) is 3.16. The highest BCUT2D eigenvalue weighted by atomic mass is 16.5. The van der Waals surface area contributed by atoms with Crippen molar-refractivity contribution in [1.82, 2.24) is 5.32 Å². The number of rotatable bonds is 6. The molecule has 0 amide bonds. The fourth-order valence-corrected chi connectivity index (χ4v) is 2.20. The van der Waals surface area contributed by atoms with Crippen molar-refractivity contribution in [3.8, 4) is 0 Å². The van der Waals surface area contributed by atoms with Crippen LogP contribution in [0, 0.1) is 0 Å². The Bertz CT molecular complexity index is 128. The van der Waals surface area contributed by atoms with E-state index in [0.717, 1.165) is 6.61 Å². The third kappa shape index (κ3) is 4.43. The van der Waals surface area contributed by atoms with Crippen LogP contribution in [0.4, 0.5) is 0 Å². The predicted molar refractivity (Wildman–Crippen MR) is 60.6 cm³/mol. The van der Waals surface area contributed by atoms with E-state index in [1.807, 2.05) is 0 Å². The lowest BCUT2D eigenvalue weighted by atomic mass is 9.99. The van der Waals surface area contributed by atoms with Crippen molar-refractivity contribution in [2.75, 3.05) is 13.7 Å². The van der Waals surface area contributed by atoms with Gasteiger partial charge in [-0.15, -0.1) is 0 Å². The van der Waals surface area contributed by atoms with Gasteiger partial charge < -0.3 is 10.1 Å². The van der Waals surface area contributed by atoms with Gasteiger partial charge in [-0.2, -0.15) is 0 Å². The average molecular weight is 199 g/mol. The van der Waals surface area contributed by atoms with Gasteiger partial charge in [0.1, 0.15) is 0 Å². The summed E-state index contributed by atoms with van der Waals surface area (Å²) in [7, 11) is 2.07. The molecule has 0 radical (unpaired) electrons. The number of hydrogen-bond acceptors (Lipinski definition) is 2. The van der Waals surface area contributed by atoms with Crippen LogP contribution in [-0.2, 0) is 4.74 Å². The monoisotopic (exact) mass is 199 g/mol. The molecule has 1 heterocycles. The summed E-state index contributed by atoms with van der Waals surface area (Å²) in [6, 6.07) is 0.700. The van der Waals surface area contributed by atoms with Gasteiger partial charge in [-0.3, -0.25) is 0 Å². The molecule has 1 rings (SSSR count). The molecule has 0 aromatic rings. The summed E-state index contributed by atoms with van der Waals surface area (Å²) < 4.78 is 5.72. The zero-order valence-electron chi connectivity index (χ0n) is 9.72. The SMILES string of the molecule is CCCC(CCC1CCCCO1)NC. The maximum Gasteiger partial charge on any atom is 0.0575 e. The van der Waals surface area contributed by atoms with Crippen LogP contribution in [0.15, 0.2) is 0 Å². The van der Waals surface area contributed by atoms with Crippen LogP contribution in [0.2, 0.25) is 0 Å². The zero-order valence-corrected chi connectivity index (χ0v) is 9.72. The largest absolute Gasteiger partial charge is 0.378 e. The van der Waals surface area contributed by atoms with E-state index >= 15 is 0 Å². The summed E-state index contributed by atoms with van der Waals surface area (Å²) in [5, 5.41) is 3.39. The van der Waals surface area contributed by atoms with Crippen molar-refractivity contribution in [2.45, 2.75) is 64.0 Å². The molecule has 2 heteroatoms. The molecule has 0 aromatic carbocycles. The molecule has 1 N–H and O–H groups in total. The average Bonchev–Trinajstić information content (AvgIpc) is 2.25. The van der Waals surface area contributed by atoms with Gasteiger partial charge in [-0.1, -0.05) is 13.3 Å². The summed E-state index contributed by atoms with van der Waals surface area (Å²) in [6.45, 7) is 3.24. The van der Waals surface area contributed by atoms with Gasteiger partial charge >= 0.3 is 0 Å². The predicted octanol–water partition coefficient (Wildman–Crippen LogP) is 2.72. The second-order valence-corrected chi connectivity index (χ2v) is 4.34. The number of hydrogen-bond donors (Lipinski definition) is 1. The summed E-state index contributed by atoms with van der Waals surface area (Å²) in [6.07, 6.45) is 9.55. The topological polar surface area (TPSA) is 21.3 Å². The quantitative estimate of drug-likeness (QED) is 0.710. The normalized spacial score (nSPS) is 24.9. The molecule has 2 atom stereocenters. The molecule has 1 saturated heterocycles. The van der Waals surface area contributed by atoms with E-state index in [0.29, 0.717) is 12.1 Å². The molecule has 0 aromatic heterocycles. The fourth-order valence-electron chi connectivity index (χ4n) is 2.20. The van der Waals surface area contributed by atoms with Gasteiger partial charge in [-0.25, -0.2) is 0 Å². The van der Waals surface area contributed by atoms with Crippen molar-refractivity contribution >= 4 is 0 Å².